The molecule has 1 aromatic rings. The first kappa shape index (κ1) is 11.7. The van der Waals surface area contributed by atoms with Gasteiger partial charge in [-0.25, -0.2) is 4.39 Å². The number of benzene rings is 1. The van der Waals surface area contributed by atoms with E-state index in [0.717, 1.165) is 25.9 Å². The minimum atomic E-state index is -0.250. The van der Waals surface area contributed by atoms with Crippen LogP contribution in [-0.4, -0.2) is 31.1 Å². The third-order valence-corrected chi connectivity index (χ3v) is 3.34. The summed E-state index contributed by atoms with van der Waals surface area (Å²) in [5, 5.41) is 3.90. The molecular weight excluding hydrogens is 227 g/mol. The Hall–Kier alpha value is -0.800. The van der Waals surface area contributed by atoms with Gasteiger partial charge in [0.25, 0.3) is 0 Å². The van der Waals surface area contributed by atoms with Crippen LogP contribution < -0.4 is 5.32 Å². The summed E-state index contributed by atoms with van der Waals surface area (Å²) >= 11 is 6.00. The average Bonchev–Trinajstić information content (AvgIpc) is 2.27. The van der Waals surface area contributed by atoms with Crippen LogP contribution in [0.2, 0.25) is 5.02 Å². The van der Waals surface area contributed by atoms with Crippen LogP contribution in [-0.2, 0) is 0 Å². The Morgan fingerprint density at radius 1 is 1.38 bits per heavy atom. The SMILES string of the molecule is CN1CCC(Nc2cc(F)ccc2Cl)CC1. The standard InChI is InChI=1S/C12H16ClFN2/c1-16-6-4-10(5-7-16)15-12-8-9(14)2-3-11(12)13/h2-3,8,10,15H,4-7H2,1H3. The lowest BCUT2D eigenvalue weighted by Crippen LogP contribution is -2.36. The first-order valence-electron chi connectivity index (χ1n) is 5.55. The Labute approximate surface area is 100 Å². The van der Waals surface area contributed by atoms with Crippen molar-refractivity contribution in [1.29, 1.82) is 0 Å². The summed E-state index contributed by atoms with van der Waals surface area (Å²) in [4.78, 5) is 2.30. The molecule has 0 radical (unpaired) electrons. The van der Waals surface area contributed by atoms with E-state index in [1.807, 2.05) is 0 Å². The summed E-state index contributed by atoms with van der Waals surface area (Å²) in [6.45, 7) is 2.15. The predicted octanol–water partition coefficient (Wildman–Crippen LogP) is 2.99. The van der Waals surface area contributed by atoms with Gasteiger partial charge in [-0.05, 0) is 51.2 Å². The summed E-state index contributed by atoms with van der Waals surface area (Å²) in [6.07, 6.45) is 2.15. The highest BCUT2D eigenvalue weighted by Gasteiger charge is 2.17. The van der Waals surface area contributed by atoms with Crippen molar-refractivity contribution >= 4 is 17.3 Å². The molecular formula is C12H16ClFN2. The van der Waals surface area contributed by atoms with Gasteiger partial charge in [0.15, 0.2) is 0 Å². The first-order valence-corrected chi connectivity index (χ1v) is 5.93. The molecule has 0 aromatic heterocycles. The molecule has 0 bridgehead atoms. The van der Waals surface area contributed by atoms with E-state index in [1.54, 1.807) is 6.07 Å². The van der Waals surface area contributed by atoms with Gasteiger partial charge in [0.1, 0.15) is 5.82 Å². The van der Waals surface area contributed by atoms with E-state index >= 15 is 0 Å². The van der Waals surface area contributed by atoms with Crippen molar-refractivity contribution in [3.8, 4) is 0 Å². The summed E-state index contributed by atoms with van der Waals surface area (Å²) in [7, 11) is 2.12. The molecule has 1 fully saturated rings. The van der Waals surface area contributed by atoms with Gasteiger partial charge in [-0.15, -0.1) is 0 Å². The summed E-state index contributed by atoms with van der Waals surface area (Å²) in [5.74, 6) is -0.250. The second-order valence-corrected chi connectivity index (χ2v) is 4.75. The topological polar surface area (TPSA) is 15.3 Å². The van der Waals surface area contributed by atoms with E-state index in [1.165, 1.54) is 12.1 Å². The van der Waals surface area contributed by atoms with Crippen LogP contribution in [0.15, 0.2) is 18.2 Å². The maximum Gasteiger partial charge on any atom is 0.125 e. The Morgan fingerprint density at radius 2 is 2.06 bits per heavy atom. The Morgan fingerprint density at radius 3 is 2.75 bits per heavy atom. The number of halogens is 2. The highest BCUT2D eigenvalue weighted by atomic mass is 35.5. The predicted molar refractivity (Wildman–Crippen MR) is 65.6 cm³/mol. The quantitative estimate of drug-likeness (QED) is 0.858. The molecule has 1 aromatic carbocycles. The largest absolute Gasteiger partial charge is 0.381 e. The number of hydrogen-bond donors (Lipinski definition) is 1. The van der Waals surface area contributed by atoms with Crippen molar-refractivity contribution in [2.45, 2.75) is 18.9 Å². The van der Waals surface area contributed by atoms with E-state index in [4.69, 9.17) is 11.6 Å². The van der Waals surface area contributed by atoms with Crippen molar-refractivity contribution < 1.29 is 4.39 Å². The van der Waals surface area contributed by atoms with Crippen molar-refractivity contribution in [1.82, 2.24) is 4.90 Å². The van der Waals surface area contributed by atoms with Crippen LogP contribution in [0, 0.1) is 5.82 Å². The van der Waals surface area contributed by atoms with Crippen LogP contribution in [0.25, 0.3) is 0 Å². The van der Waals surface area contributed by atoms with E-state index in [0.29, 0.717) is 16.8 Å². The van der Waals surface area contributed by atoms with E-state index in [2.05, 4.69) is 17.3 Å². The second-order valence-electron chi connectivity index (χ2n) is 4.35. The number of hydrogen-bond acceptors (Lipinski definition) is 2. The minimum Gasteiger partial charge on any atom is -0.381 e. The zero-order valence-electron chi connectivity index (χ0n) is 9.34. The summed E-state index contributed by atoms with van der Waals surface area (Å²) < 4.78 is 13.1. The zero-order valence-corrected chi connectivity index (χ0v) is 10.1. The van der Waals surface area contributed by atoms with Gasteiger partial charge in [0.2, 0.25) is 0 Å². The van der Waals surface area contributed by atoms with Gasteiger partial charge in [-0.3, -0.25) is 0 Å². The van der Waals surface area contributed by atoms with Gasteiger partial charge in [0, 0.05) is 6.04 Å². The number of nitrogens with zero attached hydrogens (tertiary/aromatic N) is 1. The lowest BCUT2D eigenvalue weighted by atomic mass is 10.1. The lowest BCUT2D eigenvalue weighted by Gasteiger charge is -2.30. The average molecular weight is 243 g/mol. The third kappa shape index (κ3) is 2.86. The number of anilines is 1. The number of rotatable bonds is 2. The van der Waals surface area contributed by atoms with Gasteiger partial charge >= 0.3 is 0 Å². The van der Waals surface area contributed by atoms with Crippen molar-refractivity contribution in [2.75, 3.05) is 25.5 Å². The molecule has 0 aliphatic carbocycles. The molecule has 0 spiro atoms. The zero-order chi connectivity index (χ0) is 11.5. The highest BCUT2D eigenvalue weighted by molar-refractivity contribution is 6.33. The maximum absolute atomic E-state index is 13.1. The molecule has 1 aliphatic heterocycles. The van der Waals surface area contributed by atoms with Gasteiger partial charge in [0.05, 0.1) is 10.7 Å². The van der Waals surface area contributed by atoms with Crippen molar-refractivity contribution in [3.05, 3.63) is 29.0 Å². The molecule has 88 valence electrons. The fourth-order valence-electron chi connectivity index (χ4n) is 1.98. The summed E-state index contributed by atoms with van der Waals surface area (Å²) in [5.41, 5.74) is 0.705. The molecule has 0 amide bonds. The molecule has 4 heteroatoms. The van der Waals surface area contributed by atoms with Crippen LogP contribution in [0.3, 0.4) is 0 Å². The number of likely N-dealkylation sites (tertiary alicyclic amines) is 1. The minimum absolute atomic E-state index is 0.250. The highest BCUT2D eigenvalue weighted by Crippen LogP contribution is 2.25. The van der Waals surface area contributed by atoms with Crippen LogP contribution in [0.4, 0.5) is 10.1 Å². The normalized spacial score (nSPS) is 18.7. The van der Waals surface area contributed by atoms with Crippen molar-refractivity contribution in [3.63, 3.8) is 0 Å². The molecule has 16 heavy (non-hydrogen) atoms. The Kier molecular flexibility index (Phi) is 3.66. The fourth-order valence-corrected chi connectivity index (χ4v) is 2.15. The molecule has 2 nitrogen and oxygen atoms in total. The number of nitrogens with one attached hydrogen (secondary N) is 1. The third-order valence-electron chi connectivity index (χ3n) is 3.01. The molecule has 1 saturated heterocycles. The molecule has 0 unspecified atom stereocenters. The van der Waals surface area contributed by atoms with Crippen LogP contribution >= 0.6 is 11.6 Å². The number of piperidine rings is 1. The molecule has 1 N–H and O–H groups in total. The van der Waals surface area contributed by atoms with Gasteiger partial charge < -0.3 is 10.2 Å². The van der Waals surface area contributed by atoms with E-state index in [-0.39, 0.29) is 5.82 Å². The molecule has 1 heterocycles. The van der Waals surface area contributed by atoms with Gasteiger partial charge in [-0.1, -0.05) is 11.6 Å². The molecule has 2 rings (SSSR count). The maximum atomic E-state index is 13.1. The molecule has 1 aliphatic rings. The van der Waals surface area contributed by atoms with E-state index in [9.17, 15) is 4.39 Å². The van der Waals surface area contributed by atoms with Crippen LogP contribution in [0.5, 0.6) is 0 Å². The smallest absolute Gasteiger partial charge is 0.125 e. The molecule has 0 atom stereocenters. The second kappa shape index (κ2) is 5.02. The van der Waals surface area contributed by atoms with Crippen molar-refractivity contribution in [2.24, 2.45) is 0 Å². The molecule has 0 saturated carbocycles. The van der Waals surface area contributed by atoms with Crippen LogP contribution in [0.1, 0.15) is 12.8 Å². The Balaban J connectivity index is 2.00. The lowest BCUT2D eigenvalue weighted by molar-refractivity contribution is 0.264. The van der Waals surface area contributed by atoms with E-state index < -0.39 is 0 Å². The summed E-state index contributed by atoms with van der Waals surface area (Å²) in [6, 6.07) is 4.83. The van der Waals surface area contributed by atoms with Gasteiger partial charge in [-0.2, -0.15) is 0 Å². The Bertz CT molecular complexity index is 362. The monoisotopic (exact) mass is 242 g/mol. The first-order chi connectivity index (χ1) is 7.65. The fraction of sp³-hybridized carbons (Fsp3) is 0.500.